The van der Waals surface area contributed by atoms with Crippen LogP contribution in [0, 0.1) is 17.3 Å². The SMILES string of the molecule is O=C(O)C12C[C@@H]3CC1C(OC2=O)C3O. The van der Waals surface area contributed by atoms with Crippen LogP contribution in [0.4, 0.5) is 0 Å². The number of hydrogen-bond donors (Lipinski definition) is 2. The van der Waals surface area contributed by atoms with Gasteiger partial charge in [-0.2, -0.15) is 0 Å². The fourth-order valence-corrected chi connectivity index (χ4v) is 3.31. The van der Waals surface area contributed by atoms with E-state index in [1.807, 2.05) is 0 Å². The van der Waals surface area contributed by atoms with Crippen LogP contribution in [0.2, 0.25) is 0 Å². The summed E-state index contributed by atoms with van der Waals surface area (Å²) < 4.78 is 4.95. The molecule has 14 heavy (non-hydrogen) atoms. The van der Waals surface area contributed by atoms with Gasteiger partial charge in [0, 0.05) is 5.92 Å². The molecule has 1 saturated heterocycles. The van der Waals surface area contributed by atoms with E-state index in [4.69, 9.17) is 9.84 Å². The van der Waals surface area contributed by atoms with Gasteiger partial charge in [0.25, 0.3) is 0 Å². The molecule has 0 spiro atoms. The molecule has 0 aromatic rings. The van der Waals surface area contributed by atoms with Gasteiger partial charge in [-0.05, 0) is 18.8 Å². The van der Waals surface area contributed by atoms with E-state index in [0.717, 1.165) is 0 Å². The highest BCUT2D eigenvalue weighted by atomic mass is 16.6. The Bertz CT molecular complexity index is 338. The van der Waals surface area contributed by atoms with Crippen molar-refractivity contribution < 1.29 is 24.5 Å². The second-order valence-corrected chi connectivity index (χ2v) is 4.44. The van der Waals surface area contributed by atoms with E-state index in [1.165, 1.54) is 0 Å². The molecule has 2 saturated carbocycles. The first-order valence-corrected chi connectivity index (χ1v) is 4.70. The summed E-state index contributed by atoms with van der Waals surface area (Å²) in [5, 5.41) is 18.7. The van der Waals surface area contributed by atoms with Crippen molar-refractivity contribution in [3.63, 3.8) is 0 Å². The van der Waals surface area contributed by atoms with Crippen LogP contribution in [0.5, 0.6) is 0 Å². The number of aliphatic hydroxyl groups excluding tert-OH is 1. The van der Waals surface area contributed by atoms with E-state index in [0.29, 0.717) is 6.42 Å². The number of carbonyl (C=O) groups is 2. The Labute approximate surface area is 79.7 Å². The quantitative estimate of drug-likeness (QED) is 0.433. The lowest BCUT2D eigenvalue weighted by molar-refractivity contribution is -0.161. The van der Waals surface area contributed by atoms with Crippen LogP contribution in [0.1, 0.15) is 12.8 Å². The molecule has 0 amide bonds. The van der Waals surface area contributed by atoms with Crippen LogP contribution in [-0.4, -0.2) is 34.4 Å². The minimum atomic E-state index is -1.34. The summed E-state index contributed by atoms with van der Waals surface area (Å²) in [4.78, 5) is 22.6. The third kappa shape index (κ3) is 0.609. The Morgan fingerprint density at radius 2 is 2.29 bits per heavy atom. The molecule has 2 aliphatic carbocycles. The number of fused-ring (bicyclic) bond motifs is 1. The highest BCUT2D eigenvalue weighted by Gasteiger charge is 2.73. The first-order chi connectivity index (χ1) is 6.57. The summed E-state index contributed by atoms with van der Waals surface area (Å²) in [5.74, 6) is -2.14. The van der Waals surface area contributed by atoms with Gasteiger partial charge in [0.15, 0.2) is 5.41 Å². The second kappa shape index (κ2) is 2.11. The summed E-state index contributed by atoms with van der Waals surface area (Å²) in [6.45, 7) is 0. The molecular weight excluding hydrogens is 188 g/mol. The van der Waals surface area contributed by atoms with E-state index < -0.39 is 29.6 Å². The Kier molecular flexibility index (Phi) is 1.24. The van der Waals surface area contributed by atoms with E-state index in [2.05, 4.69) is 0 Å². The predicted molar refractivity (Wildman–Crippen MR) is 42.2 cm³/mol. The molecule has 0 aromatic heterocycles. The molecular formula is C9H10O5. The lowest BCUT2D eigenvalue weighted by Crippen LogP contribution is -2.43. The summed E-state index contributed by atoms with van der Waals surface area (Å²) in [7, 11) is 0. The van der Waals surface area contributed by atoms with Crippen molar-refractivity contribution in [3.8, 4) is 0 Å². The van der Waals surface area contributed by atoms with Gasteiger partial charge in [-0.3, -0.25) is 9.59 Å². The highest BCUT2D eigenvalue weighted by Crippen LogP contribution is 2.61. The standard InChI is InChI=1S/C9H10O5/c10-5-3-1-4-6(5)14-8(13)9(4,2-3)7(11)12/h3-6,10H,1-2H2,(H,11,12)/t3-,4?,5?,6?,9?/m0/s1. The second-order valence-electron chi connectivity index (χ2n) is 4.44. The summed E-state index contributed by atoms with van der Waals surface area (Å²) in [5.41, 5.74) is -1.34. The molecule has 3 rings (SSSR count). The number of aliphatic hydroxyl groups is 1. The van der Waals surface area contributed by atoms with Crippen LogP contribution in [-0.2, 0) is 14.3 Å². The number of hydrogen-bond acceptors (Lipinski definition) is 4. The zero-order chi connectivity index (χ0) is 10.1. The van der Waals surface area contributed by atoms with Crippen LogP contribution in [0.25, 0.3) is 0 Å². The third-order valence-corrected chi connectivity index (χ3v) is 3.98. The Balaban J connectivity index is 2.11. The normalized spacial score (nSPS) is 53.6. The van der Waals surface area contributed by atoms with Gasteiger partial charge in [-0.15, -0.1) is 0 Å². The molecule has 2 N–H and O–H groups in total. The fraction of sp³-hybridized carbons (Fsp3) is 0.778. The zero-order valence-corrected chi connectivity index (χ0v) is 7.34. The molecule has 0 radical (unpaired) electrons. The molecule has 5 heteroatoms. The van der Waals surface area contributed by atoms with Crippen molar-refractivity contribution in [1.82, 2.24) is 0 Å². The van der Waals surface area contributed by atoms with Crippen LogP contribution >= 0.6 is 0 Å². The molecule has 4 unspecified atom stereocenters. The van der Waals surface area contributed by atoms with E-state index in [-0.39, 0.29) is 18.3 Å². The molecule has 3 fully saturated rings. The molecule has 1 aliphatic heterocycles. The number of aliphatic carboxylic acids is 1. The fourth-order valence-electron chi connectivity index (χ4n) is 3.31. The number of ether oxygens (including phenoxy) is 1. The van der Waals surface area contributed by atoms with E-state index in [9.17, 15) is 14.7 Å². The minimum Gasteiger partial charge on any atom is -0.480 e. The molecule has 76 valence electrons. The van der Waals surface area contributed by atoms with E-state index in [1.54, 1.807) is 0 Å². The van der Waals surface area contributed by atoms with Gasteiger partial charge in [-0.1, -0.05) is 0 Å². The molecule has 1 heterocycles. The maximum Gasteiger partial charge on any atom is 0.324 e. The van der Waals surface area contributed by atoms with Gasteiger partial charge < -0.3 is 14.9 Å². The smallest absolute Gasteiger partial charge is 0.324 e. The Morgan fingerprint density at radius 1 is 1.57 bits per heavy atom. The van der Waals surface area contributed by atoms with Crippen molar-refractivity contribution in [3.05, 3.63) is 0 Å². The van der Waals surface area contributed by atoms with Crippen molar-refractivity contribution >= 4 is 11.9 Å². The first kappa shape index (κ1) is 8.23. The van der Waals surface area contributed by atoms with Gasteiger partial charge in [0.1, 0.15) is 6.10 Å². The number of esters is 1. The van der Waals surface area contributed by atoms with Gasteiger partial charge in [0.2, 0.25) is 0 Å². The largest absolute Gasteiger partial charge is 0.480 e. The van der Waals surface area contributed by atoms with Crippen LogP contribution in [0.3, 0.4) is 0 Å². The molecule has 0 aromatic carbocycles. The zero-order valence-electron chi connectivity index (χ0n) is 7.34. The Hall–Kier alpha value is -1.10. The topological polar surface area (TPSA) is 83.8 Å². The predicted octanol–water partition coefficient (Wildman–Crippen LogP) is -0.617. The van der Waals surface area contributed by atoms with Crippen LogP contribution < -0.4 is 0 Å². The minimum absolute atomic E-state index is 0.0763. The van der Waals surface area contributed by atoms with E-state index >= 15 is 0 Å². The number of carboxylic acid groups (broad SMARTS) is 1. The van der Waals surface area contributed by atoms with Gasteiger partial charge in [-0.25, -0.2) is 0 Å². The van der Waals surface area contributed by atoms with Crippen LogP contribution in [0.15, 0.2) is 0 Å². The van der Waals surface area contributed by atoms with Gasteiger partial charge in [0.05, 0.1) is 6.10 Å². The highest BCUT2D eigenvalue weighted by molar-refractivity contribution is 6.02. The summed E-state index contributed by atoms with van der Waals surface area (Å²) >= 11 is 0. The van der Waals surface area contributed by atoms with Crippen molar-refractivity contribution in [1.29, 1.82) is 0 Å². The Morgan fingerprint density at radius 3 is 2.86 bits per heavy atom. The lowest BCUT2D eigenvalue weighted by Gasteiger charge is -2.25. The molecule has 2 bridgehead atoms. The maximum absolute atomic E-state index is 11.5. The molecule has 3 aliphatic rings. The summed E-state index contributed by atoms with van der Waals surface area (Å²) in [6.07, 6.45) is -0.385. The van der Waals surface area contributed by atoms with Crippen molar-refractivity contribution in [2.75, 3.05) is 0 Å². The average molecular weight is 198 g/mol. The number of carboxylic acids is 1. The summed E-state index contributed by atoms with van der Waals surface area (Å²) in [6, 6.07) is 0. The monoisotopic (exact) mass is 198 g/mol. The maximum atomic E-state index is 11.5. The number of rotatable bonds is 1. The molecule has 5 atom stereocenters. The number of carbonyl (C=O) groups excluding carboxylic acids is 1. The molecule has 5 nitrogen and oxygen atoms in total. The van der Waals surface area contributed by atoms with Gasteiger partial charge >= 0.3 is 11.9 Å². The lowest BCUT2D eigenvalue weighted by atomic mass is 9.73. The van der Waals surface area contributed by atoms with Crippen molar-refractivity contribution in [2.45, 2.75) is 25.0 Å². The average Bonchev–Trinajstić information content (AvgIpc) is 2.67. The first-order valence-electron chi connectivity index (χ1n) is 4.70. The third-order valence-electron chi connectivity index (χ3n) is 3.98. The van der Waals surface area contributed by atoms with Crippen molar-refractivity contribution in [2.24, 2.45) is 17.3 Å².